The first-order chi connectivity index (χ1) is 14.0. The number of carbonyl (C=O) groups excluding carboxylic acids is 1. The van der Waals surface area contributed by atoms with Gasteiger partial charge in [0, 0.05) is 35.4 Å². The zero-order chi connectivity index (χ0) is 19.8. The van der Waals surface area contributed by atoms with Gasteiger partial charge in [-0.25, -0.2) is 0 Å². The number of benzene rings is 2. The topological polar surface area (TPSA) is 66.0 Å². The lowest BCUT2D eigenvalue weighted by Crippen LogP contribution is -2.33. The summed E-state index contributed by atoms with van der Waals surface area (Å²) in [5.41, 5.74) is 4.75. The molecular formula is C23H21NO5. The first-order valence-corrected chi connectivity index (χ1v) is 9.85. The Kier molecular flexibility index (Phi) is 3.29. The Bertz CT molecular complexity index is 1100. The van der Waals surface area contributed by atoms with Gasteiger partial charge in [-0.1, -0.05) is 19.9 Å². The van der Waals surface area contributed by atoms with Crippen molar-refractivity contribution in [1.29, 1.82) is 0 Å². The maximum atomic E-state index is 13.3. The summed E-state index contributed by atoms with van der Waals surface area (Å²) in [6.07, 6.45) is 1.36. The third-order valence-electron chi connectivity index (χ3n) is 6.08. The highest BCUT2D eigenvalue weighted by molar-refractivity contribution is 6.01. The molecule has 2 aromatic carbocycles. The molecule has 4 aliphatic rings. The van der Waals surface area contributed by atoms with Crippen molar-refractivity contribution in [3.05, 3.63) is 52.7 Å². The molecule has 3 heterocycles. The number of hydrogen-bond donors (Lipinski definition) is 1. The Labute approximate surface area is 168 Å². The molecule has 0 amide bonds. The average Bonchev–Trinajstić information content (AvgIpc) is 3.31. The molecule has 6 nitrogen and oxygen atoms in total. The molecule has 0 saturated carbocycles. The van der Waals surface area contributed by atoms with E-state index in [0.717, 1.165) is 46.0 Å². The van der Waals surface area contributed by atoms with Crippen molar-refractivity contribution < 1.29 is 23.7 Å². The molecule has 2 aromatic rings. The Morgan fingerprint density at radius 2 is 1.59 bits per heavy atom. The summed E-state index contributed by atoms with van der Waals surface area (Å²) in [6.45, 7) is 4.72. The summed E-state index contributed by atoms with van der Waals surface area (Å²) < 4.78 is 22.3. The minimum atomic E-state index is -0.186. The molecule has 3 aliphatic heterocycles. The van der Waals surface area contributed by atoms with Crippen molar-refractivity contribution in [2.45, 2.75) is 32.6 Å². The predicted molar refractivity (Wildman–Crippen MR) is 106 cm³/mol. The Balaban J connectivity index is 1.56. The molecule has 0 aromatic heterocycles. The second-order valence-corrected chi connectivity index (χ2v) is 8.80. The van der Waals surface area contributed by atoms with Gasteiger partial charge in [0.05, 0.1) is 0 Å². The minimum absolute atomic E-state index is 0.0732. The number of hydrogen-bond acceptors (Lipinski definition) is 6. The van der Waals surface area contributed by atoms with Gasteiger partial charge < -0.3 is 24.3 Å². The van der Waals surface area contributed by atoms with Gasteiger partial charge in [-0.3, -0.25) is 4.79 Å². The second kappa shape index (κ2) is 5.69. The van der Waals surface area contributed by atoms with Crippen LogP contribution in [0.1, 0.15) is 43.7 Å². The SMILES string of the molecule is CC1(C)CC(=O)C2=C(C1)Nc1cc3c(cc1[C@@H]2c1ccc2c(c1)OCO2)OCO3. The number of carbonyl (C=O) groups is 1. The van der Waals surface area contributed by atoms with E-state index in [1.54, 1.807) is 0 Å². The zero-order valence-electron chi connectivity index (χ0n) is 16.3. The fourth-order valence-electron chi connectivity index (χ4n) is 4.84. The van der Waals surface area contributed by atoms with Crippen molar-refractivity contribution in [3.63, 3.8) is 0 Å². The van der Waals surface area contributed by atoms with E-state index in [1.807, 2.05) is 30.3 Å². The highest BCUT2D eigenvalue weighted by Gasteiger charge is 2.41. The number of allylic oxidation sites excluding steroid dienone is 2. The van der Waals surface area contributed by atoms with Crippen LogP contribution in [0.5, 0.6) is 23.0 Å². The standard InChI is InChI=1S/C23H21NO5/c1-23(2)8-15-22(16(25)9-23)21(12-3-4-17-18(5-12)27-10-26-17)13-6-19-20(29-11-28-19)7-14(13)24-15/h3-7,21,24H,8-11H2,1-2H3/t21-/m0/s1. The highest BCUT2D eigenvalue weighted by atomic mass is 16.7. The molecule has 6 rings (SSSR count). The van der Waals surface area contributed by atoms with Crippen LogP contribution in [0.2, 0.25) is 0 Å². The van der Waals surface area contributed by atoms with Gasteiger partial charge in [-0.05, 0) is 41.2 Å². The summed E-state index contributed by atoms with van der Waals surface area (Å²) in [4.78, 5) is 13.3. The van der Waals surface area contributed by atoms with Crippen molar-refractivity contribution in [1.82, 2.24) is 0 Å². The lowest BCUT2D eigenvalue weighted by molar-refractivity contribution is -0.118. The lowest BCUT2D eigenvalue weighted by atomic mass is 9.68. The Morgan fingerprint density at radius 1 is 0.897 bits per heavy atom. The van der Waals surface area contributed by atoms with Gasteiger partial charge in [0.2, 0.25) is 13.6 Å². The molecule has 0 fully saturated rings. The van der Waals surface area contributed by atoms with E-state index in [0.29, 0.717) is 17.9 Å². The van der Waals surface area contributed by atoms with Crippen molar-refractivity contribution in [3.8, 4) is 23.0 Å². The van der Waals surface area contributed by atoms with Crippen molar-refractivity contribution in [2.24, 2.45) is 5.41 Å². The third-order valence-corrected chi connectivity index (χ3v) is 6.08. The smallest absolute Gasteiger partial charge is 0.231 e. The van der Waals surface area contributed by atoms with Crippen LogP contribution in [0.4, 0.5) is 5.69 Å². The second-order valence-electron chi connectivity index (χ2n) is 8.80. The molecule has 29 heavy (non-hydrogen) atoms. The van der Waals surface area contributed by atoms with Crippen LogP contribution < -0.4 is 24.3 Å². The van der Waals surface area contributed by atoms with E-state index in [9.17, 15) is 4.79 Å². The van der Waals surface area contributed by atoms with E-state index in [1.165, 1.54) is 0 Å². The van der Waals surface area contributed by atoms with Crippen LogP contribution in [0, 0.1) is 5.41 Å². The molecule has 1 aliphatic carbocycles. The average molecular weight is 391 g/mol. The maximum absolute atomic E-state index is 13.3. The van der Waals surface area contributed by atoms with Crippen LogP contribution in [0.25, 0.3) is 0 Å². The molecule has 1 N–H and O–H groups in total. The third kappa shape index (κ3) is 2.51. The lowest BCUT2D eigenvalue weighted by Gasteiger charge is -2.39. The Morgan fingerprint density at radius 3 is 2.38 bits per heavy atom. The van der Waals surface area contributed by atoms with E-state index in [-0.39, 0.29) is 30.7 Å². The largest absolute Gasteiger partial charge is 0.454 e. The van der Waals surface area contributed by atoms with Gasteiger partial charge in [-0.2, -0.15) is 0 Å². The number of rotatable bonds is 1. The zero-order valence-corrected chi connectivity index (χ0v) is 16.3. The van der Waals surface area contributed by atoms with Crippen LogP contribution in [-0.4, -0.2) is 19.4 Å². The predicted octanol–water partition coefficient (Wildman–Crippen LogP) is 4.34. The number of anilines is 1. The van der Waals surface area contributed by atoms with Gasteiger partial charge in [-0.15, -0.1) is 0 Å². The van der Waals surface area contributed by atoms with Crippen LogP contribution in [-0.2, 0) is 4.79 Å². The van der Waals surface area contributed by atoms with E-state index < -0.39 is 0 Å². The molecule has 0 saturated heterocycles. The highest BCUT2D eigenvalue weighted by Crippen LogP contribution is 2.52. The van der Waals surface area contributed by atoms with E-state index in [4.69, 9.17) is 18.9 Å². The number of ketones is 1. The van der Waals surface area contributed by atoms with Crippen molar-refractivity contribution in [2.75, 3.05) is 18.9 Å². The summed E-state index contributed by atoms with van der Waals surface area (Å²) in [5, 5.41) is 3.53. The van der Waals surface area contributed by atoms with Gasteiger partial charge >= 0.3 is 0 Å². The number of nitrogens with one attached hydrogen (secondary N) is 1. The van der Waals surface area contributed by atoms with Crippen molar-refractivity contribution >= 4 is 11.5 Å². The van der Waals surface area contributed by atoms with E-state index >= 15 is 0 Å². The number of ether oxygens (including phenoxy) is 4. The molecule has 1 atom stereocenters. The molecule has 0 spiro atoms. The molecule has 148 valence electrons. The minimum Gasteiger partial charge on any atom is -0.454 e. The van der Waals surface area contributed by atoms with Gasteiger partial charge in [0.1, 0.15) is 0 Å². The van der Waals surface area contributed by atoms with Crippen LogP contribution in [0.3, 0.4) is 0 Å². The van der Waals surface area contributed by atoms with Crippen LogP contribution in [0.15, 0.2) is 41.6 Å². The van der Waals surface area contributed by atoms with Crippen LogP contribution >= 0.6 is 0 Å². The molecule has 0 bridgehead atoms. The van der Waals surface area contributed by atoms with Gasteiger partial charge in [0.25, 0.3) is 0 Å². The van der Waals surface area contributed by atoms with Gasteiger partial charge in [0.15, 0.2) is 28.8 Å². The van der Waals surface area contributed by atoms with E-state index in [2.05, 4.69) is 19.2 Å². The number of fused-ring (bicyclic) bond motifs is 3. The normalized spacial score (nSPS) is 22.8. The molecule has 6 heteroatoms. The summed E-state index contributed by atoms with van der Waals surface area (Å²) in [5.74, 6) is 2.90. The number of Topliss-reactive ketones (excluding diaryl/α,β-unsaturated/α-hetero) is 1. The maximum Gasteiger partial charge on any atom is 0.231 e. The first kappa shape index (κ1) is 16.8. The summed E-state index contributed by atoms with van der Waals surface area (Å²) >= 11 is 0. The monoisotopic (exact) mass is 391 g/mol. The first-order valence-electron chi connectivity index (χ1n) is 9.85. The molecule has 0 radical (unpaired) electrons. The quantitative estimate of drug-likeness (QED) is 0.780. The summed E-state index contributed by atoms with van der Waals surface area (Å²) in [7, 11) is 0. The fourth-order valence-corrected chi connectivity index (χ4v) is 4.84. The molecular weight excluding hydrogens is 370 g/mol. The molecule has 0 unspecified atom stereocenters. The summed E-state index contributed by atoms with van der Waals surface area (Å²) in [6, 6.07) is 9.91. The Hall–Kier alpha value is -3.15. The fraction of sp³-hybridized carbons (Fsp3) is 0.348.